The quantitative estimate of drug-likeness (QED) is 0.839. The number of piperidine rings is 1. The Hall–Kier alpha value is -1.29. The average Bonchev–Trinajstić information content (AvgIpc) is 2.40. The monoisotopic (exact) mass is 249 g/mol. The molecule has 0 radical (unpaired) electrons. The van der Waals surface area contributed by atoms with E-state index in [1.165, 1.54) is 12.8 Å². The van der Waals surface area contributed by atoms with Crippen LogP contribution in [-0.4, -0.2) is 36.3 Å². The van der Waals surface area contributed by atoms with Crippen LogP contribution in [0.4, 0.5) is 11.6 Å². The zero-order valence-corrected chi connectivity index (χ0v) is 11.1. The third-order valence-corrected chi connectivity index (χ3v) is 3.47. The molecule has 0 saturated carbocycles. The standard InChI is InChI=1S/C14H23N3O/c1-2-15-13-6-3-7-14(16-13)17-9-4-5-12(11-17)8-10-18/h3,6-7,12,18H,2,4-5,8-11H2,1H3,(H,15,16). The number of hydrogen-bond acceptors (Lipinski definition) is 4. The third-order valence-electron chi connectivity index (χ3n) is 3.47. The van der Waals surface area contributed by atoms with Gasteiger partial charge in [-0.15, -0.1) is 0 Å². The number of nitrogens with one attached hydrogen (secondary N) is 1. The highest BCUT2D eigenvalue weighted by molar-refractivity contribution is 5.47. The van der Waals surface area contributed by atoms with E-state index < -0.39 is 0 Å². The van der Waals surface area contributed by atoms with Gasteiger partial charge in [-0.25, -0.2) is 4.98 Å². The van der Waals surface area contributed by atoms with E-state index in [-0.39, 0.29) is 0 Å². The molecule has 1 unspecified atom stereocenters. The molecule has 1 aromatic heterocycles. The van der Waals surface area contributed by atoms with Crippen molar-refractivity contribution in [2.75, 3.05) is 36.5 Å². The van der Waals surface area contributed by atoms with Crippen LogP contribution >= 0.6 is 0 Å². The van der Waals surface area contributed by atoms with Crippen molar-refractivity contribution in [2.24, 2.45) is 5.92 Å². The molecule has 1 fully saturated rings. The van der Waals surface area contributed by atoms with E-state index in [0.717, 1.165) is 37.7 Å². The molecular weight excluding hydrogens is 226 g/mol. The smallest absolute Gasteiger partial charge is 0.130 e. The van der Waals surface area contributed by atoms with Crippen molar-refractivity contribution >= 4 is 11.6 Å². The molecule has 1 aromatic rings. The second-order valence-corrected chi connectivity index (χ2v) is 4.88. The van der Waals surface area contributed by atoms with Gasteiger partial charge in [0.05, 0.1) is 0 Å². The first-order chi connectivity index (χ1) is 8.83. The first kappa shape index (κ1) is 13.1. The molecule has 4 heteroatoms. The third kappa shape index (κ3) is 3.35. The van der Waals surface area contributed by atoms with Crippen molar-refractivity contribution in [2.45, 2.75) is 26.2 Å². The number of aromatic nitrogens is 1. The number of rotatable bonds is 5. The van der Waals surface area contributed by atoms with E-state index in [1.807, 2.05) is 6.07 Å². The lowest BCUT2D eigenvalue weighted by Crippen LogP contribution is -2.36. The molecule has 2 heterocycles. The molecular formula is C14H23N3O. The van der Waals surface area contributed by atoms with Gasteiger partial charge in [0.1, 0.15) is 11.6 Å². The second-order valence-electron chi connectivity index (χ2n) is 4.88. The maximum Gasteiger partial charge on any atom is 0.130 e. The van der Waals surface area contributed by atoms with Gasteiger partial charge in [-0.1, -0.05) is 6.07 Å². The molecule has 0 amide bonds. The minimum atomic E-state index is 0.295. The maximum absolute atomic E-state index is 9.05. The van der Waals surface area contributed by atoms with Crippen LogP contribution in [0.25, 0.3) is 0 Å². The van der Waals surface area contributed by atoms with Crippen molar-refractivity contribution in [3.63, 3.8) is 0 Å². The van der Waals surface area contributed by atoms with Crippen LogP contribution in [0.15, 0.2) is 18.2 Å². The molecule has 1 atom stereocenters. The number of aliphatic hydroxyl groups is 1. The van der Waals surface area contributed by atoms with Crippen molar-refractivity contribution in [1.82, 2.24) is 4.98 Å². The van der Waals surface area contributed by atoms with Gasteiger partial charge in [-0.2, -0.15) is 0 Å². The molecule has 2 rings (SSSR count). The summed E-state index contributed by atoms with van der Waals surface area (Å²) in [5.41, 5.74) is 0. The summed E-state index contributed by atoms with van der Waals surface area (Å²) in [6, 6.07) is 6.13. The Morgan fingerprint density at radius 1 is 1.50 bits per heavy atom. The average molecular weight is 249 g/mol. The predicted molar refractivity (Wildman–Crippen MR) is 75.0 cm³/mol. The Bertz CT molecular complexity index is 368. The highest BCUT2D eigenvalue weighted by Gasteiger charge is 2.20. The molecule has 0 aliphatic carbocycles. The van der Waals surface area contributed by atoms with Crippen LogP contribution in [-0.2, 0) is 0 Å². The van der Waals surface area contributed by atoms with Gasteiger partial charge < -0.3 is 15.3 Å². The molecule has 0 spiro atoms. The SMILES string of the molecule is CCNc1cccc(N2CCCC(CCO)C2)n1. The van der Waals surface area contributed by atoms with Crippen LogP contribution in [0.1, 0.15) is 26.2 Å². The molecule has 1 aliphatic rings. The maximum atomic E-state index is 9.05. The largest absolute Gasteiger partial charge is 0.396 e. The zero-order valence-electron chi connectivity index (χ0n) is 11.1. The molecule has 0 aromatic carbocycles. The molecule has 18 heavy (non-hydrogen) atoms. The first-order valence-electron chi connectivity index (χ1n) is 6.90. The minimum Gasteiger partial charge on any atom is -0.396 e. The van der Waals surface area contributed by atoms with Crippen LogP contribution in [0.5, 0.6) is 0 Å². The predicted octanol–water partition coefficient (Wildman–Crippen LogP) is 2.11. The van der Waals surface area contributed by atoms with E-state index in [1.54, 1.807) is 0 Å². The number of pyridine rings is 1. The summed E-state index contributed by atoms with van der Waals surface area (Å²) in [6.45, 7) is 5.35. The van der Waals surface area contributed by atoms with Crippen LogP contribution < -0.4 is 10.2 Å². The topological polar surface area (TPSA) is 48.4 Å². The second kappa shape index (κ2) is 6.59. The van der Waals surface area contributed by atoms with Crippen LogP contribution in [0.2, 0.25) is 0 Å². The lowest BCUT2D eigenvalue weighted by Gasteiger charge is -2.33. The normalized spacial score (nSPS) is 19.9. The number of anilines is 2. The van der Waals surface area contributed by atoms with Crippen LogP contribution in [0, 0.1) is 5.92 Å². The van der Waals surface area contributed by atoms with Gasteiger partial charge >= 0.3 is 0 Å². The van der Waals surface area contributed by atoms with Gasteiger partial charge in [0.25, 0.3) is 0 Å². The summed E-state index contributed by atoms with van der Waals surface area (Å²) in [6.07, 6.45) is 3.32. The Kier molecular flexibility index (Phi) is 4.81. The molecule has 100 valence electrons. The number of aliphatic hydroxyl groups excluding tert-OH is 1. The fraction of sp³-hybridized carbons (Fsp3) is 0.643. The fourth-order valence-corrected chi connectivity index (χ4v) is 2.57. The summed E-state index contributed by atoms with van der Waals surface area (Å²) >= 11 is 0. The molecule has 1 saturated heterocycles. The Balaban J connectivity index is 2.03. The number of nitrogens with zero attached hydrogens (tertiary/aromatic N) is 2. The first-order valence-corrected chi connectivity index (χ1v) is 6.90. The molecule has 0 bridgehead atoms. The van der Waals surface area contributed by atoms with Gasteiger partial charge in [0.15, 0.2) is 0 Å². The van der Waals surface area contributed by atoms with E-state index in [4.69, 9.17) is 5.11 Å². The zero-order chi connectivity index (χ0) is 12.8. The van der Waals surface area contributed by atoms with Gasteiger partial charge in [-0.3, -0.25) is 0 Å². The molecule has 4 nitrogen and oxygen atoms in total. The summed E-state index contributed by atoms with van der Waals surface area (Å²) in [7, 11) is 0. The van der Waals surface area contributed by atoms with Gasteiger partial charge in [0, 0.05) is 26.2 Å². The molecule has 2 N–H and O–H groups in total. The van der Waals surface area contributed by atoms with E-state index in [2.05, 4.69) is 34.3 Å². The van der Waals surface area contributed by atoms with E-state index in [0.29, 0.717) is 12.5 Å². The number of hydrogen-bond donors (Lipinski definition) is 2. The fourth-order valence-electron chi connectivity index (χ4n) is 2.57. The van der Waals surface area contributed by atoms with Crippen molar-refractivity contribution in [3.8, 4) is 0 Å². The Morgan fingerprint density at radius 2 is 2.39 bits per heavy atom. The Morgan fingerprint density at radius 3 is 3.17 bits per heavy atom. The summed E-state index contributed by atoms with van der Waals surface area (Å²) in [5.74, 6) is 2.60. The lowest BCUT2D eigenvalue weighted by atomic mass is 9.95. The Labute approximate surface area is 109 Å². The summed E-state index contributed by atoms with van der Waals surface area (Å²) in [5, 5.41) is 12.3. The summed E-state index contributed by atoms with van der Waals surface area (Å²) < 4.78 is 0. The highest BCUT2D eigenvalue weighted by atomic mass is 16.3. The molecule has 1 aliphatic heterocycles. The lowest BCUT2D eigenvalue weighted by molar-refractivity contribution is 0.244. The van der Waals surface area contributed by atoms with E-state index in [9.17, 15) is 0 Å². The van der Waals surface area contributed by atoms with Crippen molar-refractivity contribution in [3.05, 3.63) is 18.2 Å². The summed E-state index contributed by atoms with van der Waals surface area (Å²) in [4.78, 5) is 6.97. The van der Waals surface area contributed by atoms with Gasteiger partial charge in [-0.05, 0) is 44.2 Å². The van der Waals surface area contributed by atoms with Crippen molar-refractivity contribution in [1.29, 1.82) is 0 Å². The van der Waals surface area contributed by atoms with Crippen LogP contribution in [0.3, 0.4) is 0 Å². The van der Waals surface area contributed by atoms with Crippen molar-refractivity contribution < 1.29 is 5.11 Å². The van der Waals surface area contributed by atoms with Gasteiger partial charge in [0.2, 0.25) is 0 Å². The van der Waals surface area contributed by atoms with E-state index >= 15 is 0 Å². The highest BCUT2D eigenvalue weighted by Crippen LogP contribution is 2.24. The minimum absolute atomic E-state index is 0.295.